The van der Waals surface area contributed by atoms with Crippen molar-refractivity contribution in [3.63, 3.8) is 0 Å². The number of nitrogens with zero attached hydrogens (tertiary/aromatic N) is 1. The monoisotopic (exact) mass is 367 g/mol. The largest absolute Gasteiger partial charge is 0.460 e. The molecule has 0 aliphatic heterocycles. The van der Waals surface area contributed by atoms with Crippen LogP contribution in [-0.2, 0) is 33.8 Å². The first-order valence-electron chi connectivity index (χ1n) is 7.81. The van der Waals surface area contributed by atoms with Gasteiger partial charge in [-0.3, -0.25) is 0 Å². The molecular weight excluding hydrogens is 338 g/mol. The summed E-state index contributed by atoms with van der Waals surface area (Å²) in [6.07, 6.45) is 0. The second-order valence-corrected chi connectivity index (χ2v) is 7.34. The lowest BCUT2D eigenvalue weighted by molar-refractivity contribution is -0.140. The highest BCUT2D eigenvalue weighted by Gasteiger charge is 2.13. The molecule has 0 aliphatic carbocycles. The van der Waals surface area contributed by atoms with Gasteiger partial charge in [0.2, 0.25) is 10.0 Å². The maximum absolute atomic E-state index is 11.5. The Morgan fingerprint density at radius 1 is 0.958 bits per heavy atom. The minimum absolute atomic E-state index is 0.0823. The molecular formula is C15H29NO7S. The van der Waals surface area contributed by atoms with E-state index in [1.165, 1.54) is 11.4 Å². The number of esters is 1. The smallest absolute Gasteiger partial charge is 0.333 e. The third kappa shape index (κ3) is 11.5. The molecule has 0 aromatic heterocycles. The quantitative estimate of drug-likeness (QED) is 0.236. The van der Waals surface area contributed by atoms with Gasteiger partial charge in [0.05, 0.1) is 45.4 Å². The Morgan fingerprint density at radius 3 is 1.88 bits per heavy atom. The van der Waals surface area contributed by atoms with Crippen LogP contribution < -0.4 is 0 Å². The number of hydrogen-bond acceptors (Lipinski definition) is 7. The average Bonchev–Trinajstić information content (AvgIpc) is 2.55. The minimum Gasteiger partial charge on any atom is -0.460 e. The lowest BCUT2D eigenvalue weighted by atomic mass is 10.4. The highest BCUT2D eigenvalue weighted by molar-refractivity contribution is 7.89. The zero-order valence-electron chi connectivity index (χ0n) is 14.8. The maximum Gasteiger partial charge on any atom is 0.333 e. The van der Waals surface area contributed by atoms with Crippen LogP contribution in [0.2, 0.25) is 0 Å². The van der Waals surface area contributed by atoms with Crippen molar-refractivity contribution in [2.45, 2.75) is 13.8 Å². The number of ether oxygens (including phenoxy) is 4. The zero-order chi connectivity index (χ0) is 18.4. The molecule has 0 saturated carbocycles. The lowest BCUT2D eigenvalue weighted by Gasteiger charge is -2.15. The van der Waals surface area contributed by atoms with E-state index in [1.54, 1.807) is 13.8 Å². The molecule has 0 heterocycles. The van der Waals surface area contributed by atoms with Crippen molar-refractivity contribution in [1.29, 1.82) is 0 Å². The Kier molecular flexibility index (Phi) is 12.8. The van der Waals surface area contributed by atoms with Crippen LogP contribution >= 0.6 is 0 Å². The van der Waals surface area contributed by atoms with Crippen molar-refractivity contribution in [3.8, 4) is 0 Å². The van der Waals surface area contributed by atoms with E-state index in [9.17, 15) is 13.2 Å². The Hall–Kier alpha value is -1.00. The van der Waals surface area contributed by atoms with Gasteiger partial charge in [-0.2, -0.15) is 0 Å². The van der Waals surface area contributed by atoms with E-state index < -0.39 is 16.0 Å². The van der Waals surface area contributed by atoms with E-state index in [0.717, 1.165) is 0 Å². The van der Waals surface area contributed by atoms with Gasteiger partial charge in [-0.25, -0.2) is 17.5 Å². The Labute approximate surface area is 144 Å². The molecule has 0 aromatic carbocycles. The first-order valence-corrected chi connectivity index (χ1v) is 9.42. The molecule has 0 fully saturated rings. The van der Waals surface area contributed by atoms with Crippen LogP contribution in [0.5, 0.6) is 0 Å². The number of likely N-dealkylation sites (N-methyl/N-ethyl adjacent to an activating group) is 1. The summed E-state index contributed by atoms with van der Waals surface area (Å²) >= 11 is 0. The van der Waals surface area contributed by atoms with Crippen molar-refractivity contribution in [2.75, 3.05) is 65.6 Å². The molecule has 9 heteroatoms. The van der Waals surface area contributed by atoms with Gasteiger partial charge in [0.15, 0.2) is 0 Å². The molecule has 0 spiro atoms. The van der Waals surface area contributed by atoms with Crippen LogP contribution in [0.3, 0.4) is 0 Å². The van der Waals surface area contributed by atoms with Gasteiger partial charge in [0.25, 0.3) is 0 Å². The van der Waals surface area contributed by atoms with Crippen molar-refractivity contribution >= 4 is 16.0 Å². The Balaban J connectivity index is 3.35. The van der Waals surface area contributed by atoms with E-state index >= 15 is 0 Å². The number of rotatable bonds is 15. The number of carbonyl (C=O) groups excluding carboxylic acids is 1. The van der Waals surface area contributed by atoms with Gasteiger partial charge in [0.1, 0.15) is 6.61 Å². The van der Waals surface area contributed by atoms with E-state index in [4.69, 9.17) is 18.9 Å². The molecule has 24 heavy (non-hydrogen) atoms. The van der Waals surface area contributed by atoms with Crippen molar-refractivity contribution in [3.05, 3.63) is 12.2 Å². The summed E-state index contributed by atoms with van der Waals surface area (Å²) < 4.78 is 44.9. The van der Waals surface area contributed by atoms with Gasteiger partial charge >= 0.3 is 5.97 Å². The number of sulfonamides is 1. The molecule has 0 saturated heterocycles. The van der Waals surface area contributed by atoms with Crippen LogP contribution in [0.4, 0.5) is 0 Å². The normalized spacial score (nSPS) is 11.7. The molecule has 0 unspecified atom stereocenters. The van der Waals surface area contributed by atoms with Crippen LogP contribution in [-0.4, -0.2) is 84.3 Å². The molecule has 0 amide bonds. The van der Waals surface area contributed by atoms with Gasteiger partial charge in [0, 0.05) is 19.2 Å². The van der Waals surface area contributed by atoms with E-state index in [-0.39, 0.29) is 12.4 Å². The molecule has 0 rings (SSSR count). The molecule has 0 radical (unpaired) electrons. The predicted molar refractivity (Wildman–Crippen MR) is 90.3 cm³/mol. The topological polar surface area (TPSA) is 91.4 Å². The Bertz CT molecular complexity index is 464. The summed E-state index contributed by atoms with van der Waals surface area (Å²) in [5.74, 6) is -0.344. The molecule has 8 nitrogen and oxygen atoms in total. The fourth-order valence-corrected chi connectivity index (χ4v) is 2.20. The summed E-state index contributed by atoms with van der Waals surface area (Å²) in [7, 11) is -1.62. The van der Waals surface area contributed by atoms with Gasteiger partial charge in [-0.05, 0) is 13.8 Å². The van der Waals surface area contributed by atoms with E-state index in [0.29, 0.717) is 51.8 Å². The molecule has 142 valence electrons. The third-order valence-corrected chi connectivity index (χ3v) is 4.81. The first kappa shape index (κ1) is 23.0. The van der Waals surface area contributed by atoms with E-state index in [2.05, 4.69) is 6.58 Å². The highest BCUT2D eigenvalue weighted by Crippen LogP contribution is 1.96. The standard InChI is InChI=1S/C15H29NO7S/c1-5-24(18,19)16(4)6-7-20-8-9-21-10-11-22-12-13-23-15(17)14(2)3/h2,5-13H2,1,3-4H3. The Morgan fingerprint density at radius 2 is 1.42 bits per heavy atom. The van der Waals surface area contributed by atoms with Crippen molar-refractivity contribution in [2.24, 2.45) is 0 Å². The summed E-state index contributed by atoms with van der Waals surface area (Å²) in [5.41, 5.74) is 0.358. The second kappa shape index (κ2) is 13.3. The molecule has 0 bridgehead atoms. The van der Waals surface area contributed by atoms with Crippen LogP contribution in [0.15, 0.2) is 12.2 Å². The summed E-state index contributed by atoms with van der Waals surface area (Å²) in [4.78, 5) is 11.1. The number of carbonyl (C=O) groups is 1. The van der Waals surface area contributed by atoms with Gasteiger partial charge in [-0.1, -0.05) is 6.58 Å². The number of hydrogen-bond donors (Lipinski definition) is 0. The molecule has 0 N–H and O–H groups in total. The van der Waals surface area contributed by atoms with Crippen molar-refractivity contribution in [1.82, 2.24) is 4.31 Å². The summed E-state index contributed by atoms with van der Waals surface area (Å²) in [6.45, 7) is 9.37. The minimum atomic E-state index is -3.15. The molecule has 0 atom stereocenters. The third-order valence-electron chi connectivity index (χ3n) is 2.94. The second-order valence-electron chi connectivity index (χ2n) is 4.98. The first-order chi connectivity index (χ1) is 11.3. The van der Waals surface area contributed by atoms with Crippen LogP contribution in [0, 0.1) is 0 Å². The molecule has 0 aromatic rings. The molecule has 0 aliphatic rings. The zero-order valence-corrected chi connectivity index (χ0v) is 15.6. The van der Waals surface area contributed by atoms with E-state index in [1.807, 2.05) is 0 Å². The SMILES string of the molecule is C=C(C)C(=O)OCCOCCOCCOCCN(C)S(=O)(=O)CC. The van der Waals surface area contributed by atoms with Gasteiger partial charge in [-0.15, -0.1) is 0 Å². The maximum atomic E-state index is 11.5. The fraction of sp³-hybridized carbons (Fsp3) is 0.800. The summed E-state index contributed by atoms with van der Waals surface area (Å²) in [5, 5.41) is 0. The van der Waals surface area contributed by atoms with Crippen LogP contribution in [0.1, 0.15) is 13.8 Å². The summed E-state index contributed by atoms with van der Waals surface area (Å²) in [6, 6.07) is 0. The predicted octanol–water partition coefficient (Wildman–Crippen LogP) is 0.437. The van der Waals surface area contributed by atoms with Gasteiger partial charge < -0.3 is 18.9 Å². The highest BCUT2D eigenvalue weighted by atomic mass is 32.2. The van der Waals surface area contributed by atoms with Crippen LogP contribution in [0.25, 0.3) is 0 Å². The fourth-order valence-electron chi connectivity index (χ4n) is 1.41. The van der Waals surface area contributed by atoms with Crippen molar-refractivity contribution < 1.29 is 32.2 Å². The average molecular weight is 367 g/mol. The lowest BCUT2D eigenvalue weighted by Crippen LogP contribution is -2.31.